The number of nitrogens with one attached hydrogen (secondary N) is 1. The summed E-state index contributed by atoms with van der Waals surface area (Å²) in [6, 6.07) is 14.4. The number of halogens is 2. The van der Waals surface area contributed by atoms with Gasteiger partial charge in [0.2, 0.25) is 0 Å². The van der Waals surface area contributed by atoms with Gasteiger partial charge in [0.15, 0.2) is 0 Å². The number of carbonyl (C=O) groups excluding carboxylic acids is 2. The Bertz CT molecular complexity index is 577. The number of ether oxygens (including phenoxy) is 1. The van der Waals surface area contributed by atoms with Gasteiger partial charge in [-0.05, 0) is 93.7 Å². The first-order chi connectivity index (χ1) is 11.5. The van der Waals surface area contributed by atoms with Crippen molar-refractivity contribution in [1.29, 1.82) is 0 Å². The molecule has 0 heterocycles. The number of esters is 1. The molecule has 0 saturated heterocycles. The fourth-order valence-corrected chi connectivity index (χ4v) is 2.11. The van der Waals surface area contributed by atoms with Crippen LogP contribution in [0.3, 0.4) is 0 Å². The highest BCUT2D eigenvalue weighted by molar-refractivity contribution is 14.1. The number of benzene rings is 2. The van der Waals surface area contributed by atoms with Gasteiger partial charge in [-0.2, -0.15) is 0 Å². The van der Waals surface area contributed by atoms with Crippen molar-refractivity contribution in [3.63, 3.8) is 0 Å². The Hall–Kier alpha value is -1.28. The van der Waals surface area contributed by atoms with Crippen molar-refractivity contribution >= 4 is 57.1 Å². The van der Waals surface area contributed by atoms with Crippen LogP contribution in [0.25, 0.3) is 0 Å². The van der Waals surface area contributed by atoms with Gasteiger partial charge in [0.25, 0.3) is 5.91 Å². The molecule has 0 unspecified atom stereocenters. The molecule has 0 saturated carbocycles. The molecule has 9 heteroatoms. The van der Waals surface area contributed by atoms with E-state index in [4.69, 9.17) is 5.84 Å². The number of hydrazine groups is 2. The molecule has 24 heavy (non-hydrogen) atoms. The van der Waals surface area contributed by atoms with E-state index >= 15 is 0 Å². The number of nitrogen functional groups attached to an aromatic ring is 1. The molecule has 0 atom stereocenters. The Balaban J connectivity index is 0.000000400. The van der Waals surface area contributed by atoms with Crippen molar-refractivity contribution in [1.82, 2.24) is 5.43 Å². The van der Waals surface area contributed by atoms with E-state index in [9.17, 15) is 9.59 Å². The van der Waals surface area contributed by atoms with Crippen LogP contribution in [0.1, 0.15) is 20.7 Å². The summed E-state index contributed by atoms with van der Waals surface area (Å²) < 4.78 is 6.74. The molecule has 2 rings (SSSR count). The van der Waals surface area contributed by atoms with Crippen LogP contribution in [0, 0.1) is 7.14 Å². The van der Waals surface area contributed by atoms with Gasteiger partial charge in [-0.15, -0.1) is 0 Å². The number of hydrogen-bond donors (Lipinski definition) is 4. The van der Waals surface area contributed by atoms with Crippen molar-refractivity contribution in [2.45, 2.75) is 0 Å². The Morgan fingerprint density at radius 2 is 1.25 bits per heavy atom. The summed E-state index contributed by atoms with van der Waals surface area (Å²) in [5, 5.41) is 0. The van der Waals surface area contributed by atoms with Crippen molar-refractivity contribution in [2.24, 2.45) is 17.5 Å². The molecular formula is C15H18I2N4O3. The minimum Gasteiger partial charge on any atom is -0.465 e. The zero-order valence-electron chi connectivity index (χ0n) is 12.8. The maximum atomic E-state index is 10.9. The van der Waals surface area contributed by atoms with Gasteiger partial charge in [0.05, 0.1) is 12.7 Å². The van der Waals surface area contributed by atoms with Crippen molar-refractivity contribution in [3.05, 3.63) is 66.8 Å². The van der Waals surface area contributed by atoms with Crippen LogP contribution in [0.15, 0.2) is 48.5 Å². The third kappa shape index (κ3) is 8.54. The molecule has 7 nitrogen and oxygen atoms in total. The zero-order chi connectivity index (χ0) is 18.5. The smallest absolute Gasteiger partial charge is 0.337 e. The Labute approximate surface area is 167 Å². The van der Waals surface area contributed by atoms with Crippen LogP contribution in [-0.2, 0) is 4.74 Å². The van der Waals surface area contributed by atoms with Crippen LogP contribution < -0.4 is 23.0 Å². The summed E-state index contributed by atoms with van der Waals surface area (Å²) in [4.78, 5) is 21.8. The molecular weight excluding hydrogens is 538 g/mol. The number of methoxy groups -OCH3 is 1. The predicted octanol–water partition coefficient (Wildman–Crippen LogP) is 1.79. The van der Waals surface area contributed by atoms with Crippen LogP contribution in [0.4, 0.5) is 0 Å². The first-order valence-electron chi connectivity index (χ1n) is 6.41. The second-order valence-corrected chi connectivity index (χ2v) is 6.47. The lowest BCUT2D eigenvalue weighted by Gasteiger charge is -1.97. The molecule has 7 N–H and O–H groups in total. The van der Waals surface area contributed by atoms with Gasteiger partial charge < -0.3 is 4.74 Å². The molecule has 2 aromatic carbocycles. The molecule has 130 valence electrons. The molecule has 1 amide bonds. The lowest BCUT2D eigenvalue weighted by atomic mass is 10.2. The van der Waals surface area contributed by atoms with Crippen LogP contribution in [0.5, 0.6) is 0 Å². The maximum Gasteiger partial charge on any atom is 0.337 e. The van der Waals surface area contributed by atoms with E-state index in [1.54, 1.807) is 24.3 Å². The monoisotopic (exact) mass is 556 g/mol. The lowest BCUT2D eigenvalue weighted by Crippen LogP contribution is -2.29. The van der Waals surface area contributed by atoms with E-state index in [1.165, 1.54) is 7.11 Å². The van der Waals surface area contributed by atoms with Gasteiger partial charge in [0, 0.05) is 12.7 Å². The molecule has 0 fully saturated rings. The van der Waals surface area contributed by atoms with Gasteiger partial charge in [-0.1, -0.05) is 0 Å². The number of nitrogens with two attached hydrogens (primary N) is 3. The van der Waals surface area contributed by atoms with Crippen LogP contribution in [0.2, 0.25) is 0 Å². The summed E-state index contributed by atoms with van der Waals surface area (Å²) in [5.41, 5.74) is 3.23. The summed E-state index contributed by atoms with van der Waals surface area (Å²) in [7, 11) is 1.38. The molecule has 0 spiro atoms. The van der Waals surface area contributed by atoms with Crippen molar-refractivity contribution in [2.75, 3.05) is 7.11 Å². The average molecular weight is 556 g/mol. The van der Waals surface area contributed by atoms with Gasteiger partial charge in [0.1, 0.15) is 0 Å². The molecule has 0 aliphatic rings. The fraction of sp³-hybridized carbons (Fsp3) is 0.0667. The average Bonchev–Trinajstić information content (AvgIpc) is 2.64. The molecule has 0 aliphatic heterocycles. The molecule has 0 bridgehead atoms. The number of carbonyl (C=O) groups is 2. The molecule has 0 radical (unpaired) electrons. The minimum absolute atomic E-state index is 0.263. The largest absolute Gasteiger partial charge is 0.465 e. The number of hydrogen-bond acceptors (Lipinski definition) is 6. The Kier molecular flexibility index (Phi) is 12.4. The topological polar surface area (TPSA) is 133 Å². The summed E-state index contributed by atoms with van der Waals surface area (Å²) in [6.45, 7) is 0. The van der Waals surface area contributed by atoms with Gasteiger partial charge >= 0.3 is 5.97 Å². The highest BCUT2D eigenvalue weighted by Gasteiger charge is 2.02. The standard InChI is InChI=1S/C8H7IO2.C7H7IN2O.H4N2/c1-11-8(10)6-2-4-7(9)5-3-6;8-6-3-1-5(2-4-6)7(11)10-9;1-2/h2-5H,1H3;1-4H,9H2,(H,10,11);1-2H2. The minimum atomic E-state index is -0.290. The van der Waals surface area contributed by atoms with E-state index in [0.717, 1.165) is 7.14 Å². The van der Waals surface area contributed by atoms with E-state index in [0.29, 0.717) is 11.1 Å². The van der Waals surface area contributed by atoms with E-state index in [1.807, 2.05) is 24.3 Å². The molecule has 0 aromatic heterocycles. The first kappa shape index (κ1) is 22.7. The fourth-order valence-electron chi connectivity index (χ4n) is 1.39. The normalized spacial score (nSPS) is 8.75. The summed E-state index contributed by atoms with van der Waals surface area (Å²) in [6.07, 6.45) is 0. The third-order valence-corrected chi connectivity index (χ3v) is 3.94. The zero-order valence-corrected chi connectivity index (χ0v) is 17.1. The maximum absolute atomic E-state index is 10.9. The van der Waals surface area contributed by atoms with Crippen LogP contribution >= 0.6 is 45.2 Å². The molecule has 0 aliphatic carbocycles. The Morgan fingerprint density at radius 3 is 1.58 bits per heavy atom. The predicted molar refractivity (Wildman–Crippen MR) is 110 cm³/mol. The van der Waals surface area contributed by atoms with E-state index in [2.05, 4.69) is 67.0 Å². The number of rotatable bonds is 2. The highest BCUT2D eigenvalue weighted by atomic mass is 127. The van der Waals surface area contributed by atoms with Crippen molar-refractivity contribution in [3.8, 4) is 0 Å². The molecule has 2 aromatic rings. The summed E-state index contributed by atoms with van der Waals surface area (Å²) in [5.74, 6) is 12.4. The van der Waals surface area contributed by atoms with Crippen LogP contribution in [-0.4, -0.2) is 19.0 Å². The highest BCUT2D eigenvalue weighted by Crippen LogP contribution is 2.07. The number of amides is 1. The first-order valence-corrected chi connectivity index (χ1v) is 8.57. The van der Waals surface area contributed by atoms with Gasteiger partial charge in [-0.3, -0.25) is 21.9 Å². The SMILES string of the molecule is COC(=O)c1ccc(I)cc1.NN.NNC(=O)c1ccc(I)cc1. The second kappa shape index (κ2) is 13.1. The Morgan fingerprint density at radius 1 is 0.875 bits per heavy atom. The lowest BCUT2D eigenvalue weighted by molar-refractivity contribution is 0.0600. The second-order valence-electron chi connectivity index (χ2n) is 3.98. The third-order valence-electron chi connectivity index (χ3n) is 2.50. The van der Waals surface area contributed by atoms with Crippen molar-refractivity contribution < 1.29 is 14.3 Å². The quantitative estimate of drug-likeness (QED) is 0.147. The van der Waals surface area contributed by atoms with E-state index in [-0.39, 0.29) is 11.9 Å². The van der Waals surface area contributed by atoms with E-state index < -0.39 is 0 Å². The van der Waals surface area contributed by atoms with Gasteiger partial charge in [-0.25, -0.2) is 10.6 Å². The summed E-state index contributed by atoms with van der Waals surface area (Å²) >= 11 is 4.35.